The summed E-state index contributed by atoms with van der Waals surface area (Å²) < 4.78 is 5.50. The van der Waals surface area contributed by atoms with Crippen LogP contribution in [0, 0.1) is 12.8 Å². The van der Waals surface area contributed by atoms with Gasteiger partial charge in [-0.2, -0.15) is 0 Å². The van der Waals surface area contributed by atoms with Gasteiger partial charge in [-0.1, -0.05) is 31.0 Å². The van der Waals surface area contributed by atoms with E-state index < -0.39 is 0 Å². The lowest BCUT2D eigenvalue weighted by atomic mass is 10.0. The van der Waals surface area contributed by atoms with Crippen LogP contribution in [0.15, 0.2) is 23.2 Å². The lowest BCUT2D eigenvalue weighted by molar-refractivity contribution is 0.253. The van der Waals surface area contributed by atoms with Crippen molar-refractivity contribution in [3.8, 4) is 5.75 Å². The van der Waals surface area contributed by atoms with Crippen molar-refractivity contribution in [2.45, 2.75) is 53.0 Å². The minimum absolute atomic E-state index is 0.0788. The molecular weight excluding hydrogens is 314 g/mol. The van der Waals surface area contributed by atoms with Crippen LogP contribution in [0.25, 0.3) is 0 Å². The summed E-state index contributed by atoms with van der Waals surface area (Å²) >= 11 is 0. The van der Waals surface area contributed by atoms with Crippen LogP contribution in [0.2, 0.25) is 0 Å². The van der Waals surface area contributed by atoms with E-state index >= 15 is 0 Å². The normalized spacial score (nSPS) is 14.1. The zero-order chi connectivity index (χ0) is 18.7. The van der Waals surface area contributed by atoms with Gasteiger partial charge in [0, 0.05) is 25.3 Å². The van der Waals surface area contributed by atoms with E-state index in [4.69, 9.17) is 9.73 Å². The number of benzene rings is 1. The van der Waals surface area contributed by atoms with Gasteiger partial charge in [0.25, 0.3) is 0 Å². The summed E-state index contributed by atoms with van der Waals surface area (Å²) in [6, 6.07) is 6.28. The lowest BCUT2D eigenvalue weighted by Gasteiger charge is -2.21. The molecule has 0 saturated carbocycles. The van der Waals surface area contributed by atoms with Gasteiger partial charge >= 0.3 is 0 Å². The summed E-state index contributed by atoms with van der Waals surface area (Å²) in [5.41, 5.74) is 2.32. The van der Waals surface area contributed by atoms with E-state index in [1.165, 1.54) is 5.56 Å². The van der Waals surface area contributed by atoms with Crippen LogP contribution in [-0.2, 0) is 0 Å². The predicted molar refractivity (Wildman–Crippen MR) is 105 cm³/mol. The highest BCUT2D eigenvalue weighted by Crippen LogP contribution is 2.26. The largest absolute Gasteiger partial charge is 0.496 e. The van der Waals surface area contributed by atoms with Gasteiger partial charge < -0.3 is 20.5 Å². The van der Waals surface area contributed by atoms with E-state index in [1.807, 2.05) is 6.07 Å². The van der Waals surface area contributed by atoms with Gasteiger partial charge in [0.2, 0.25) is 0 Å². The molecule has 0 amide bonds. The molecule has 0 aliphatic rings. The van der Waals surface area contributed by atoms with Crippen molar-refractivity contribution in [1.29, 1.82) is 0 Å². The second-order valence-corrected chi connectivity index (χ2v) is 6.50. The molecule has 2 atom stereocenters. The van der Waals surface area contributed by atoms with Crippen molar-refractivity contribution < 1.29 is 9.84 Å². The third-order valence-electron chi connectivity index (χ3n) is 4.29. The molecule has 5 nitrogen and oxygen atoms in total. The van der Waals surface area contributed by atoms with E-state index in [1.54, 1.807) is 7.11 Å². The Morgan fingerprint density at radius 1 is 1.28 bits per heavy atom. The molecule has 25 heavy (non-hydrogen) atoms. The van der Waals surface area contributed by atoms with Crippen LogP contribution in [0.3, 0.4) is 0 Å². The molecule has 0 fully saturated rings. The number of nitrogens with one attached hydrogen (secondary N) is 2. The van der Waals surface area contributed by atoms with E-state index in [0.717, 1.165) is 49.6 Å². The highest BCUT2D eigenvalue weighted by Gasteiger charge is 2.14. The Kier molecular flexibility index (Phi) is 10.0. The first-order chi connectivity index (χ1) is 12.0. The fraction of sp³-hybridized carbons (Fsp3) is 0.650. The van der Waals surface area contributed by atoms with Gasteiger partial charge in [-0.3, -0.25) is 4.99 Å². The average molecular weight is 350 g/mol. The number of aryl methyl sites for hydroxylation is 1. The minimum atomic E-state index is 0.0788. The summed E-state index contributed by atoms with van der Waals surface area (Å²) in [4.78, 5) is 4.74. The topological polar surface area (TPSA) is 65.9 Å². The maximum Gasteiger partial charge on any atom is 0.191 e. The predicted octanol–water partition coefficient (Wildman–Crippen LogP) is 3.42. The standard InChI is InChI=1S/C20H35N3O2/c1-6-8-17(11-12-24)14-22-20(21-7-2)23-16(4)18-13-15(3)9-10-19(18)25-5/h9-10,13,16-17,24H,6-8,11-12,14H2,1-5H3,(H2,21,22,23). The number of nitrogens with zero attached hydrogens (tertiary/aromatic N) is 1. The van der Waals surface area contributed by atoms with Crippen molar-refractivity contribution in [1.82, 2.24) is 10.6 Å². The molecule has 0 saturated heterocycles. The highest BCUT2D eigenvalue weighted by molar-refractivity contribution is 5.80. The van der Waals surface area contributed by atoms with Crippen molar-refractivity contribution in [2.24, 2.45) is 10.9 Å². The molecule has 142 valence electrons. The number of ether oxygens (including phenoxy) is 1. The Balaban J connectivity index is 2.85. The van der Waals surface area contributed by atoms with Gasteiger partial charge in [0.05, 0.1) is 13.2 Å². The molecule has 0 spiro atoms. The quantitative estimate of drug-likeness (QED) is 0.447. The first-order valence-corrected chi connectivity index (χ1v) is 9.35. The Morgan fingerprint density at radius 3 is 2.64 bits per heavy atom. The molecule has 1 rings (SSSR count). The summed E-state index contributed by atoms with van der Waals surface area (Å²) in [5.74, 6) is 2.11. The van der Waals surface area contributed by atoms with Crippen LogP contribution in [0.4, 0.5) is 0 Å². The second-order valence-electron chi connectivity index (χ2n) is 6.50. The zero-order valence-corrected chi connectivity index (χ0v) is 16.4. The maximum absolute atomic E-state index is 9.22. The molecule has 0 aliphatic carbocycles. The van der Waals surface area contributed by atoms with Gasteiger partial charge in [0.1, 0.15) is 5.75 Å². The number of methoxy groups -OCH3 is 1. The first kappa shape index (κ1) is 21.3. The Morgan fingerprint density at radius 2 is 2.04 bits per heavy atom. The van der Waals surface area contributed by atoms with Crippen molar-refractivity contribution in [3.05, 3.63) is 29.3 Å². The molecule has 1 aromatic rings. The molecular formula is C20H35N3O2. The third-order valence-corrected chi connectivity index (χ3v) is 4.29. The Bertz CT molecular complexity index is 526. The number of guanidine groups is 1. The van der Waals surface area contributed by atoms with Crippen LogP contribution in [0.1, 0.15) is 57.2 Å². The number of hydrogen-bond donors (Lipinski definition) is 3. The molecule has 1 aromatic carbocycles. The monoisotopic (exact) mass is 349 g/mol. The maximum atomic E-state index is 9.22. The van der Waals surface area contributed by atoms with Crippen LogP contribution in [0.5, 0.6) is 5.75 Å². The third kappa shape index (κ3) is 7.34. The number of rotatable bonds is 10. The molecule has 3 N–H and O–H groups in total. The van der Waals surface area contributed by atoms with E-state index in [-0.39, 0.29) is 12.6 Å². The molecule has 5 heteroatoms. The van der Waals surface area contributed by atoms with Gasteiger partial charge in [0.15, 0.2) is 5.96 Å². The van der Waals surface area contributed by atoms with Crippen molar-refractivity contribution in [2.75, 3.05) is 26.8 Å². The lowest BCUT2D eigenvalue weighted by Crippen LogP contribution is -2.39. The average Bonchev–Trinajstić information content (AvgIpc) is 2.60. The van der Waals surface area contributed by atoms with Gasteiger partial charge in [-0.25, -0.2) is 0 Å². The van der Waals surface area contributed by atoms with Gasteiger partial charge in [-0.05, 0) is 45.6 Å². The van der Waals surface area contributed by atoms with E-state index in [0.29, 0.717) is 5.92 Å². The number of aliphatic hydroxyl groups is 1. The SMILES string of the molecule is CCCC(CCO)CN=C(NCC)NC(C)c1cc(C)ccc1OC. The summed E-state index contributed by atoms with van der Waals surface area (Å²) in [6.07, 6.45) is 3.00. The van der Waals surface area contributed by atoms with Crippen LogP contribution >= 0.6 is 0 Å². The minimum Gasteiger partial charge on any atom is -0.496 e. The van der Waals surface area contributed by atoms with Gasteiger partial charge in [-0.15, -0.1) is 0 Å². The fourth-order valence-corrected chi connectivity index (χ4v) is 2.93. The van der Waals surface area contributed by atoms with Crippen molar-refractivity contribution >= 4 is 5.96 Å². The number of aliphatic imine (C=N–C) groups is 1. The first-order valence-electron chi connectivity index (χ1n) is 9.35. The molecule has 0 aliphatic heterocycles. The fourth-order valence-electron chi connectivity index (χ4n) is 2.93. The molecule has 0 heterocycles. The molecule has 0 bridgehead atoms. The van der Waals surface area contributed by atoms with Crippen LogP contribution < -0.4 is 15.4 Å². The number of hydrogen-bond acceptors (Lipinski definition) is 3. The molecule has 0 aromatic heterocycles. The van der Waals surface area contributed by atoms with E-state index in [9.17, 15) is 5.11 Å². The Hall–Kier alpha value is -1.75. The Labute approximate surface area is 152 Å². The van der Waals surface area contributed by atoms with Crippen LogP contribution in [-0.4, -0.2) is 37.9 Å². The molecule has 2 unspecified atom stereocenters. The summed E-state index contributed by atoms with van der Waals surface area (Å²) in [5, 5.41) is 16.0. The zero-order valence-electron chi connectivity index (χ0n) is 16.4. The summed E-state index contributed by atoms with van der Waals surface area (Å²) in [7, 11) is 1.70. The highest BCUT2D eigenvalue weighted by atomic mass is 16.5. The van der Waals surface area contributed by atoms with E-state index in [2.05, 4.69) is 50.5 Å². The summed E-state index contributed by atoms with van der Waals surface area (Å²) in [6.45, 7) is 10.2. The number of aliphatic hydroxyl groups excluding tert-OH is 1. The second kappa shape index (κ2) is 11.7. The molecule has 0 radical (unpaired) electrons. The van der Waals surface area contributed by atoms with Crippen molar-refractivity contribution in [3.63, 3.8) is 0 Å². The smallest absolute Gasteiger partial charge is 0.191 e.